The van der Waals surface area contributed by atoms with Crippen LogP contribution in [0.25, 0.3) is 11.2 Å². The number of aromatic nitrogens is 3. The zero-order chi connectivity index (χ0) is 9.26. The van der Waals surface area contributed by atoms with Crippen molar-refractivity contribution in [3.05, 3.63) is 30.2 Å². The Morgan fingerprint density at radius 1 is 1.23 bits per heavy atom. The quantitative estimate of drug-likeness (QED) is 0.665. The third kappa shape index (κ3) is 1.31. The van der Waals surface area contributed by atoms with E-state index in [1.54, 1.807) is 12.3 Å². The molecule has 0 aromatic carbocycles. The van der Waals surface area contributed by atoms with Gasteiger partial charge in [-0.1, -0.05) is 0 Å². The van der Waals surface area contributed by atoms with Crippen molar-refractivity contribution in [2.75, 3.05) is 0 Å². The maximum Gasteiger partial charge on any atom is 0.250 e. The highest BCUT2D eigenvalue weighted by molar-refractivity contribution is 5.94. The standard InChI is InChI=1S/C8H6N4O/c9-7(13)5-3-6-8(12-4-5)11-2-1-10-6/h1-4H,(H2,9,13). The number of carbonyl (C=O) groups is 1. The van der Waals surface area contributed by atoms with Crippen molar-refractivity contribution in [1.82, 2.24) is 15.0 Å². The summed E-state index contributed by atoms with van der Waals surface area (Å²) in [4.78, 5) is 22.7. The summed E-state index contributed by atoms with van der Waals surface area (Å²) < 4.78 is 0. The highest BCUT2D eigenvalue weighted by Crippen LogP contribution is 2.06. The second-order valence-electron chi connectivity index (χ2n) is 2.49. The largest absolute Gasteiger partial charge is 0.366 e. The van der Waals surface area contributed by atoms with Crippen molar-refractivity contribution < 1.29 is 4.79 Å². The molecule has 0 unspecified atom stereocenters. The second-order valence-corrected chi connectivity index (χ2v) is 2.49. The topological polar surface area (TPSA) is 81.8 Å². The lowest BCUT2D eigenvalue weighted by Crippen LogP contribution is -2.11. The fourth-order valence-electron chi connectivity index (χ4n) is 0.993. The average molecular weight is 174 g/mol. The molecule has 2 aromatic rings. The number of pyridine rings is 1. The van der Waals surface area contributed by atoms with Gasteiger partial charge in [-0.05, 0) is 6.07 Å². The summed E-state index contributed by atoms with van der Waals surface area (Å²) in [5.41, 5.74) is 6.49. The molecule has 0 radical (unpaired) electrons. The summed E-state index contributed by atoms with van der Waals surface area (Å²) in [5, 5.41) is 0. The molecule has 0 fully saturated rings. The molecule has 0 atom stereocenters. The Kier molecular flexibility index (Phi) is 1.63. The highest BCUT2D eigenvalue weighted by atomic mass is 16.1. The lowest BCUT2D eigenvalue weighted by atomic mass is 10.2. The van der Waals surface area contributed by atoms with Gasteiger partial charge in [0.25, 0.3) is 0 Å². The normalized spacial score (nSPS) is 10.2. The molecule has 2 heterocycles. The van der Waals surface area contributed by atoms with Crippen molar-refractivity contribution >= 4 is 17.1 Å². The Balaban J connectivity index is 2.69. The van der Waals surface area contributed by atoms with Crippen LogP contribution in [0, 0.1) is 0 Å². The number of hydrogen-bond donors (Lipinski definition) is 1. The highest BCUT2D eigenvalue weighted by Gasteiger charge is 2.02. The van der Waals surface area contributed by atoms with Crippen molar-refractivity contribution in [1.29, 1.82) is 0 Å². The first-order valence-electron chi connectivity index (χ1n) is 3.64. The third-order valence-corrected chi connectivity index (χ3v) is 1.61. The first-order chi connectivity index (χ1) is 6.27. The van der Waals surface area contributed by atoms with E-state index >= 15 is 0 Å². The Hall–Kier alpha value is -2.04. The number of carbonyl (C=O) groups excluding carboxylic acids is 1. The van der Waals surface area contributed by atoms with Crippen LogP contribution >= 0.6 is 0 Å². The van der Waals surface area contributed by atoms with Gasteiger partial charge >= 0.3 is 0 Å². The number of rotatable bonds is 1. The van der Waals surface area contributed by atoms with Crippen LogP contribution < -0.4 is 5.73 Å². The predicted octanol–water partition coefficient (Wildman–Crippen LogP) is 0.124. The molecule has 0 aliphatic heterocycles. The SMILES string of the molecule is NC(=O)c1cnc2nccnc2c1. The van der Waals surface area contributed by atoms with Crippen LogP contribution in [-0.2, 0) is 0 Å². The monoisotopic (exact) mass is 174 g/mol. The molecule has 0 saturated heterocycles. The number of hydrogen-bond acceptors (Lipinski definition) is 4. The van der Waals surface area contributed by atoms with E-state index in [2.05, 4.69) is 15.0 Å². The van der Waals surface area contributed by atoms with Gasteiger partial charge in [0.15, 0.2) is 5.65 Å². The molecule has 13 heavy (non-hydrogen) atoms. The van der Waals surface area contributed by atoms with Gasteiger partial charge in [0.2, 0.25) is 5.91 Å². The molecule has 5 nitrogen and oxygen atoms in total. The number of primary amides is 1. The maximum absolute atomic E-state index is 10.8. The summed E-state index contributed by atoms with van der Waals surface area (Å²) in [6, 6.07) is 1.57. The lowest BCUT2D eigenvalue weighted by Gasteiger charge is -1.96. The van der Waals surface area contributed by atoms with E-state index in [-0.39, 0.29) is 0 Å². The minimum Gasteiger partial charge on any atom is -0.366 e. The fourth-order valence-corrected chi connectivity index (χ4v) is 0.993. The number of fused-ring (bicyclic) bond motifs is 1. The zero-order valence-corrected chi connectivity index (χ0v) is 6.64. The van der Waals surface area contributed by atoms with Gasteiger partial charge in [-0.2, -0.15) is 0 Å². The Bertz CT molecular complexity index is 468. The molecule has 0 saturated carbocycles. The molecule has 64 valence electrons. The van der Waals surface area contributed by atoms with Gasteiger partial charge in [-0.15, -0.1) is 0 Å². The first kappa shape index (κ1) is 7.60. The fraction of sp³-hybridized carbons (Fsp3) is 0. The van der Waals surface area contributed by atoms with E-state index in [1.807, 2.05) is 0 Å². The molecule has 5 heteroatoms. The third-order valence-electron chi connectivity index (χ3n) is 1.61. The zero-order valence-electron chi connectivity index (χ0n) is 6.64. The first-order valence-corrected chi connectivity index (χ1v) is 3.64. The molecule has 2 rings (SSSR count). The lowest BCUT2D eigenvalue weighted by molar-refractivity contribution is 0.1000. The molecule has 0 spiro atoms. The smallest absolute Gasteiger partial charge is 0.250 e. The van der Waals surface area contributed by atoms with Crippen molar-refractivity contribution in [2.45, 2.75) is 0 Å². The van der Waals surface area contributed by atoms with Gasteiger partial charge < -0.3 is 5.73 Å². The van der Waals surface area contributed by atoms with E-state index in [1.165, 1.54) is 12.4 Å². The number of nitrogens with zero attached hydrogens (tertiary/aromatic N) is 3. The van der Waals surface area contributed by atoms with Gasteiger partial charge in [-0.25, -0.2) is 9.97 Å². The summed E-state index contributed by atoms with van der Waals surface area (Å²) in [6.45, 7) is 0. The average Bonchev–Trinajstić information content (AvgIpc) is 2.17. The van der Waals surface area contributed by atoms with E-state index < -0.39 is 5.91 Å². The molecule has 0 bridgehead atoms. The van der Waals surface area contributed by atoms with Crippen molar-refractivity contribution in [3.8, 4) is 0 Å². The Labute approximate surface area is 73.6 Å². The Morgan fingerprint density at radius 2 is 2.00 bits per heavy atom. The predicted molar refractivity (Wildman–Crippen MR) is 45.9 cm³/mol. The maximum atomic E-state index is 10.8. The van der Waals surface area contributed by atoms with Crippen LogP contribution in [0.2, 0.25) is 0 Å². The molecule has 2 N–H and O–H groups in total. The van der Waals surface area contributed by atoms with Crippen LogP contribution in [0.15, 0.2) is 24.7 Å². The molecule has 0 aliphatic rings. The van der Waals surface area contributed by atoms with E-state index in [0.717, 1.165) is 0 Å². The molecule has 2 aromatic heterocycles. The van der Waals surface area contributed by atoms with Crippen LogP contribution in [-0.4, -0.2) is 20.9 Å². The summed E-state index contributed by atoms with van der Waals surface area (Å²) >= 11 is 0. The molecule has 0 aliphatic carbocycles. The number of nitrogens with two attached hydrogens (primary N) is 1. The van der Waals surface area contributed by atoms with E-state index in [0.29, 0.717) is 16.7 Å². The minimum absolute atomic E-state index is 0.341. The minimum atomic E-state index is -0.514. The van der Waals surface area contributed by atoms with Gasteiger partial charge in [-0.3, -0.25) is 9.78 Å². The summed E-state index contributed by atoms with van der Waals surface area (Å²) in [6.07, 6.45) is 4.47. The van der Waals surface area contributed by atoms with Gasteiger partial charge in [0.1, 0.15) is 5.52 Å². The van der Waals surface area contributed by atoms with Gasteiger partial charge in [0.05, 0.1) is 5.56 Å². The Morgan fingerprint density at radius 3 is 2.77 bits per heavy atom. The summed E-state index contributed by atoms with van der Waals surface area (Å²) in [5.74, 6) is -0.514. The summed E-state index contributed by atoms with van der Waals surface area (Å²) in [7, 11) is 0. The molecule has 1 amide bonds. The second kappa shape index (κ2) is 2.78. The van der Waals surface area contributed by atoms with Crippen LogP contribution in [0.3, 0.4) is 0 Å². The van der Waals surface area contributed by atoms with Crippen LogP contribution in [0.5, 0.6) is 0 Å². The number of amides is 1. The van der Waals surface area contributed by atoms with Crippen LogP contribution in [0.1, 0.15) is 10.4 Å². The molecular formula is C8H6N4O. The van der Waals surface area contributed by atoms with Crippen molar-refractivity contribution in [3.63, 3.8) is 0 Å². The molecular weight excluding hydrogens is 168 g/mol. The van der Waals surface area contributed by atoms with E-state index in [9.17, 15) is 4.79 Å². The van der Waals surface area contributed by atoms with Gasteiger partial charge in [0, 0.05) is 18.6 Å². The van der Waals surface area contributed by atoms with Crippen molar-refractivity contribution in [2.24, 2.45) is 5.73 Å². The van der Waals surface area contributed by atoms with Crippen LogP contribution in [0.4, 0.5) is 0 Å². The van der Waals surface area contributed by atoms with E-state index in [4.69, 9.17) is 5.73 Å².